The van der Waals surface area contributed by atoms with Crippen molar-refractivity contribution in [2.45, 2.75) is 33.1 Å². The Bertz CT molecular complexity index is 601. The smallest absolute Gasteiger partial charge is 0.227 e. The van der Waals surface area contributed by atoms with E-state index in [1.807, 2.05) is 11.4 Å². The molecule has 0 aliphatic heterocycles. The molecule has 1 unspecified atom stereocenters. The summed E-state index contributed by atoms with van der Waals surface area (Å²) in [6.07, 6.45) is 2.03. The molecule has 2 aromatic heterocycles. The maximum Gasteiger partial charge on any atom is 0.227 e. The number of rotatable bonds is 5. The number of thiophene rings is 1. The lowest BCUT2D eigenvalue weighted by molar-refractivity contribution is 0.266. The molecule has 0 aliphatic rings. The molecule has 0 spiro atoms. The number of hydrogen-bond donors (Lipinski definition) is 0. The van der Waals surface area contributed by atoms with Gasteiger partial charge in [-0.05, 0) is 33.8 Å². The minimum atomic E-state index is -0.103. The van der Waals surface area contributed by atoms with Gasteiger partial charge in [-0.15, -0.1) is 11.3 Å². The van der Waals surface area contributed by atoms with Gasteiger partial charge in [-0.1, -0.05) is 19.0 Å². The zero-order chi connectivity index (χ0) is 13.9. The van der Waals surface area contributed by atoms with E-state index < -0.39 is 0 Å². The quantitative estimate of drug-likeness (QED) is 0.808. The van der Waals surface area contributed by atoms with Crippen LogP contribution in [0.3, 0.4) is 0 Å². The van der Waals surface area contributed by atoms with Gasteiger partial charge < -0.3 is 4.52 Å². The van der Waals surface area contributed by atoms with Crippen LogP contribution in [0, 0.1) is 16.7 Å². The van der Waals surface area contributed by atoms with Gasteiger partial charge >= 0.3 is 0 Å². The Morgan fingerprint density at radius 2 is 2.37 bits per heavy atom. The molecule has 0 aliphatic carbocycles. The zero-order valence-electron chi connectivity index (χ0n) is 10.8. The van der Waals surface area contributed by atoms with Crippen LogP contribution in [-0.2, 0) is 6.42 Å². The van der Waals surface area contributed by atoms with E-state index in [0.29, 0.717) is 24.6 Å². The van der Waals surface area contributed by atoms with Gasteiger partial charge in [-0.3, -0.25) is 0 Å². The molecule has 2 heterocycles. The first kappa shape index (κ1) is 14.2. The Morgan fingerprint density at radius 1 is 1.58 bits per heavy atom. The summed E-state index contributed by atoms with van der Waals surface area (Å²) >= 11 is 4.97. The molecule has 0 aromatic carbocycles. The molecule has 100 valence electrons. The summed E-state index contributed by atoms with van der Waals surface area (Å²) in [7, 11) is 0. The molecule has 2 aromatic rings. The van der Waals surface area contributed by atoms with Crippen molar-refractivity contribution in [3.8, 4) is 16.8 Å². The van der Waals surface area contributed by atoms with Crippen LogP contribution in [0.4, 0.5) is 0 Å². The Morgan fingerprint density at radius 3 is 2.95 bits per heavy atom. The van der Waals surface area contributed by atoms with Crippen LogP contribution in [0.15, 0.2) is 20.4 Å². The van der Waals surface area contributed by atoms with Gasteiger partial charge in [0.1, 0.15) is 0 Å². The second kappa shape index (κ2) is 5.85. The minimum absolute atomic E-state index is 0.103. The van der Waals surface area contributed by atoms with Crippen molar-refractivity contribution in [3.63, 3.8) is 0 Å². The highest BCUT2D eigenvalue weighted by atomic mass is 79.9. The molecular formula is C13H14BrN3OS. The van der Waals surface area contributed by atoms with Crippen molar-refractivity contribution in [1.82, 2.24) is 10.1 Å². The van der Waals surface area contributed by atoms with Crippen LogP contribution >= 0.6 is 27.3 Å². The third-order valence-electron chi connectivity index (χ3n) is 3.19. The van der Waals surface area contributed by atoms with Crippen molar-refractivity contribution < 1.29 is 4.52 Å². The van der Waals surface area contributed by atoms with Gasteiger partial charge in [0.05, 0.1) is 10.9 Å². The van der Waals surface area contributed by atoms with E-state index in [9.17, 15) is 0 Å². The van der Waals surface area contributed by atoms with Crippen molar-refractivity contribution >= 4 is 27.3 Å². The molecule has 0 fully saturated rings. The Kier molecular flexibility index (Phi) is 4.38. The number of hydrogen-bond acceptors (Lipinski definition) is 5. The third kappa shape index (κ3) is 3.43. The van der Waals surface area contributed by atoms with Crippen LogP contribution in [0.2, 0.25) is 0 Å². The molecule has 0 saturated carbocycles. The predicted octanol–water partition coefficient (Wildman–Crippen LogP) is 4.43. The molecule has 0 radical (unpaired) electrons. The van der Waals surface area contributed by atoms with E-state index in [-0.39, 0.29) is 5.41 Å². The van der Waals surface area contributed by atoms with Crippen LogP contribution in [0.1, 0.15) is 32.6 Å². The van der Waals surface area contributed by atoms with E-state index in [2.05, 4.69) is 46.0 Å². The molecule has 4 nitrogen and oxygen atoms in total. The van der Waals surface area contributed by atoms with Crippen LogP contribution in [0.5, 0.6) is 0 Å². The summed E-state index contributed by atoms with van der Waals surface area (Å²) in [5.74, 6) is 1.21. The fraction of sp³-hybridized carbons (Fsp3) is 0.462. The highest BCUT2D eigenvalue weighted by Gasteiger charge is 2.25. The lowest BCUT2D eigenvalue weighted by atomic mass is 9.81. The van der Waals surface area contributed by atoms with Gasteiger partial charge in [-0.25, -0.2) is 0 Å². The lowest BCUT2D eigenvalue weighted by Crippen LogP contribution is -2.18. The molecule has 0 saturated heterocycles. The molecule has 0 amide bonds. The number of nitriles is 1. The highest BCUT2D eigenvalue weighted by molar-refractivity contribution is 9.10. The van der Waals surface area contributed by atoms with E-state index in [4.69, 9.17) is 9.78 Å². The summed E-state index contributed by atoms with van der Waals surface area (Å²) in [5.41, 5.74) is -0.103. The van der Waals surface area contributed by atoms with Crippen molar-refractivity contribution in [2.75, 3.05) is 0 Å². The standard InChI is InChI=1S/C13H14BrN3OS/c1-3-13(2,4-5-15)7-11-16-12(17-18-11)10-6-9(14)8-19-10/h6,8H,3-4,7H2,1-2H3. The van der Waals surface area contributed by atoms with Gasteiger partial charge in [0, 0.05) is 22.7 Å². The van der Waals surface area contributed by atoms with Gasteiger partial charge in [0.2, 0.25) is 11.7 Å². The van der Waals surface area contributed by atoms with Crippen LogP contribution < -0.4 is 0 Å². The summed E-state index contributed by atoms with van der Waals surface area (Å²) < 4.78 is 6.31. The first-order valence-corrected chi connectivity index (χ1v) is 7.67. The normalized spacial score (nSPS) is 14.0. The maximum absolute atomic E-state index is 8.88. The highest BCUT2D eigenvalue weighted by Crippen LogP contribution is 2.31. The van der Waals surface area contributed by atoms with E-state index >= 15 is 0 Å². The molecule has 6 heteroatoms. The Hall–Kier alpha value is -1.19. The largest absolute Gasteiger partial charge is 0.339 e. The SMILES string of the molecule is CCC(C)(CC#N)Cc1nc(-c2cc(Br)cs2)no1. The number of halogens is 1. The van der Waals surface area contributed by atoms with Gasteiger partial charge in [0.25, 0.3) is 0 Å². The lowest BCUT2D eigenvalue weighted by Gasteiger charge is -2.22. The molecular weight excluding hydrogens is 326 g/mol. The van der Waals surface area contributed by atoms with E-state index in [1.54, 1.807) is 11.3 Å². The summed E-state index contributed by atoms with van der Waals surface area (Å²) in [6.45, 7) is 4.15. The van der Waals surface area contributed by atoms with Crippen molar-refractivity contribution in [1.29, 1.82) is 5.26 Å². The number of nitrogens with zero attached hydrogens (tertiary/aromatic N) is 3. The van der Waals surface area contributed by atoms with Crippen LogP contribution in [0.25, 0.3) is 10.7 Å². The third-order valence-corrected chi connectivity index (χ3v) is 4.88. The van der Waals surface area contributed by atoms with Gasteiger partial charge in [0.15, 0.2) is 0 Å². The fourth-order valence-electron chi connectivity index (χ4n) is 1.73. The summed E-state index contributed by atoms with van der Waals surface area (Å²) in [4.78, 5) is 5.38. The fourth-order valence-corrected chi connectivity index (χ4v) is 3.08. The zero-order valence-corrected chi connectivity index (χ0v) is 13.2. The Labute approximate surface area is 124 Å². The molecule has 0 N–H and O–H groups in total. The Balaban J connectivity index is 2.16. The molecule has 2 rings (SSSR count). The summed E-state index contributed by atoms with van der Waals surface area (Å²) in [5, 5.41) is 14.9. The van der Waals surface area contributed by atoms with E-state index in [0.717, 1.165) is 15.8 Å². The second-order valence-corrected chi connectivity index (χ2v) is 6.64. The molecule has 0 bridgehead atoms. The topological polar surface area (TPSA) is 62.7 Å². The van der Waals surface area contributed by atoms with Crippen molar-refractivity contribution in [2.24, 2.45) is 5.41 Å². The van der Waals surface area contributed by atoms with Gasteiger partial charge in [-0.2, -0.15) is 10.2 Å². The first-order chi connectivity index (χ1) is 9.06. The minimum Gasteiger partial charge on any atom is -0.339 e. The maximum atomic E-state index is 8.88. The first-order valence-electron chi connectivity index (χ1n) is 6.00. The molecule has 1 atom stereocenters. The summed E-state index contributed by atoms with van der Waals surface area (Å²) in [6, 6.07) is 4.19. The second-order valence-electron chi connectivity index (χ2n) is 4.82. The average Bonchev–Trinajstić information content (AvgIpc) is 2.98. The van der Waals surface area contributed by atoms with Crippen LogP contribution in [-0.4, -0.2) is 10.1 Å². The van der Waals surface area contributed by atoms with E-state index in [1.165, 1.54) is 0 Å². The predicted molar refractivity (Wildman–Crippen MR) is 77.6 cm³/mol. The monoisotopic (exact) mass is 339 g/mol. The molecule has 19 heavy (non-hydrogen) atoms. The van der Waals surface area contributed by atoms with Crippen molar-refractivity contribution in [3.05, 3.63) is 21.8 Å². The number of aromatic nitrogens is 2. The average molecular weight is 340 g/mol.